The molecule has 0 aliphatic heterocycles. The number of rotatable bonds is 4. The first-order chi connectivity index (χ1) is 10.2. The highest BCUT2D eigenvalue weighted by atomic mass is 35.5. The van der Waals surface area contributed by atoms with E-state index in [4.69, 9.17) is 16.0 Å². The third-order valence-electron chi connectivity index (χ3n) is 2.94. The molecule has 2 aromatic rings. The van der Waals surface area contributed by atoms with Gasteiger partial charge in [-0.2, -0.15) is 0 Å². The van der Waals surface area contributed by atoms with Crippen molar-refractivity contribution in [3.8, 4) is 0 Å². The molecule has 6 nitrogen and oxygen atoms in total. The van der Waals surface area contributed by atoms with Gasteiger partial charge >= 0.3 is 5.76 Å². The summed E-state index contributed by atoms with van der Waals surface area (Å²) in [5, 5.41) is 3.40. The molecule has 0 atom stereocenters. The summed E-state index contributed by atoms with van der Waals surface area (Å²) in [6.45, 7) is 6.17. The normalized spacial score (nSPS) is 12.1. The molecule has 0 unspecified atom stereocenters. The number of nitrogens with zero attached hydrogens (tertiary/aromatic N) is 2. The fourth-order valence-corrected chi connectivity index (χ4v) is 2.33. The number of carbonyl (C=O) groups excluding carboxylic acids is 1. The molecule has 0 spiro atoms. The molecule has 7 heteroatoms. The van der Waals surface area contributed by atoms with Gasteiger partial charge < -0.3 is 9.73 Å². The van der Waals surface area contributed by atoms with E-state index in [9.17, 15) is 9.59 Å². The molecule has 0 bridgehead atoms. The van der Waals surface area contributed by atoms with Crippen molar-refractivity contribution in [2.45, 2.75) is 33.0 Å². The third kappa shape index (κ3) is 4.11. The quantitative estimate of drug-likeness (QED) is 0.934. The van der Waals surface area contributed by atoms with E-state index in [-0.39, 0.29) is 24.7 Å². The lowest BCUT2D eigenvalue weighted by atomic mass is 10.1. The van der Waals surface area contributed by atoms with E-state index >= 15 is 0 Å². The smallest absolute Gasteiger partial charge is 0.408 e. The molecule has 1 aromatic carbocycles. The van der Waals surface area contributed by atoms with Gasteiger partial charge in [-0.3, -0.25) is 14.3 Å². The molecule has 120 valence electrons. The summed E-state index contributed by atoms with van der Waals surface area (Å²) in [7, 11) is 1.76. The third-order valence-corrected chi connectivity index (χ3v) is 3.18. The maximum atomic E-state index is 11.9. The van der Waals surface area contributed by atoms with E-state index in [0.29, 0.717) is 16.1 Å². The van der Waals surface area contributed by atoms with Gasteiger partial charge in [0.1, 0.15) is 0 Å². The SMILES string of the molecule is CN(CC(=O)NC(C)(C)C)Cn1c(=O)oc2ccc(Cl)cc21. The fourth-order valence-electron chi connectivity index (χ4n) is 2.16. The largest absolute Gasteiger partial charge is 0.421 e. The monoisotopic (exact) mass is 325 g/mol. The Kier molecular flexibility index (Phi) is 4.63. The van der Waals surface area contributed by atoms with Crippen molar-refractivity contribution in [1.29, 1.82) is 0 Å². The number of likely N-dealkylation sites (N-methyl/N-ethyl adjacent to an activating group) is 1. The molecule has 1 aromatic heterocycles. The first kappa shape index (κ1) is 16.6. The van der Waals surface area contributed by atoms with Crippen LogP contribution in [0.25, 0.3) is 11.1 Å². The Morgan fingerprint density at radius 1 is 1.41 bits per heavy atom. The van der Waals surface area contributed by atoms with E-state index in [2.05, 4.69) is 5.32 Å². The fraction of sp³-hybridized carbons (Fsp3) is 0.467. The number of aromatic nitrogens is 1. The van der Waals surface area contributed by atoms with Gasteiger partial charge in [-0.1, -0.05) is 11.6 Å². The lowest BCUT2D eigenvalue weighted by molar-refractivity contribution is -0.123. The minimum atomic E-state index is -0.472. The number of halogens is 1. The van der Waals surface area contributed by atoms with Gasteiger partial charge in [0.25, 0.3) is 0 Å². The van der Waals surface area contributed by atoms with Gasteiger partial charge in [0.15, 0.2) is 5.58 Å². The van der Waals surface area contributed by atoms with Crippen LogP contribution in [-0.4, -0.2) is 34.5 Å². The molecule has 22 heavy (non-hydrogen) atoms. The van der Waals surface area contributed by atoms with Gasteiger partial charge in [0, 0.05) is 10.6 Å². The Morgan fingerprint density at radius 2 is 2.09 bits per heavy atom. The van der Waals surface area contributed by atoms with Gasteiger partial charge in [-0.15, -0.1) is 0 Å². The van der Waals surface area contributed by atoms with Crippen molar-refractivity contribution in [1.82, 2.24) is 14.8 Å². The molecule has 2 rings (SSSR count). The number of oxazole rings is 1. The van der Waals surface area contributed by atoms with E-state index in [1.807, 2.05) is 20.8 Å². The Bertz CT molecular complexity index is 743. The maximum Gasteiger partial charge on any atom is 0.421 e. The molecule has 1 heterocycles. The number of nitrogens with one attached hydrogen (secondary N) is 1. The predicted octanol–water partition coefficient (Wildman–Crippen LogP) is 2.05. The van der Waals surface area contributed by atoms with Crippen molar-refractivity contribution in [3.05, 3.63) is 33.8 Å². The van der Waals surface area contributed by atoms with Crippen LogP contribution >= 0.6 is 11.6 Å². The number of amides is 1. The van der Waals surface area contributed by atoms with Crippen LogP contribution in [0, 0.1) is 0 Å². The molecule has 1 amide bonds. The van der Waals surface area contributed by atoms with Gasteiger partial charge in [0.05, 0.1) is 18.7 Å². The highest BCUT2D eigenvalue weighted by molar-refractivity contribution is 6.31. The average molecular weight is 326 g/mol. The summed E-state index contributed by atoms with van der Waals surface area (Å²) in [4.78, 5) is 25.6. The predicted molar refractivity (Wildman–Crippen MR) is 86.0 cm³/mol. The van der Waals surface area contributed by atoms with Crippen LogP contribution in [0.4, 0.5) is 0 Å². The number of carbonyl (C=O) groups is 1. The molecular formula is C15H20ClN3O3. The maximum absolute atomic E-state index is 11.9. The van der Waals surface area contributed by atoms with Crippen LogP contribution in [-0.2, 0) is 11.5 Å². The van der Waals surface area contributed by atoms with Crippen LogP contribution in [0.3, 0.4) is 0 Å². The summed E-state index contributed by atoms with van der Waals surface area (Å²) in [6.07, 6.45) is 0. The summed E-state index contributed by atoms with van der Waals surface area (Å²) in [6, 6.07) is 4.99. The van der Waals surface area contributed by atoms with Crippen molar-refractivity contribution >= 4 is 28.6 Å². The van der Waals surface area contributed by atoms with Crippen LogP contribution in [0.2, 0.25) is 5.02 Å². The zero-order chi connectivity index (χ0) is 16.5. The summed E-state index contributed by atoms with van der Waals surface area (Å²) >= 11 is 5.96. The van der Waals surface area contributed by atoms with Crippen LogP contribution in [0.15, 0.2) is 27.4 Å². The first-order valence-corrected chi connectivity index (χ1v) is 7.32. The van der Waals surface area contributed by atoms with Gasteiger partial charge in [-0.05, 0) is 46.0 Å². The number of hydrogen-bond donors (Lipinski definition) is 1. The topological polar surface area (TPSA) is 67.5 Å². The number of benzene rings is 1. The molecule has 0 saturated carbocycles. The Labute approximate surface area is 133 Å². The summed E-state index contributed by atoms with van der Waals surface area (Å²) < 4.78 is 6.61. The zero-order valence-electron chi connectivity index (χ0n) is 13.1. The van der Waals surface area contributed by atoms with Gasteiger partial charge in [-0.25, -0.2) is 4.79 Å². The van der Waals surface area contributed by atoms with E-state index in [1.54, 1.807) is 30.1 Å². The molecule has 1 N–H and O–H groups in total. The molecule has 0 fully saturated rings. The second-order valence-electron chi connectivity index (χ2n) is 6.36. The lowest BCUT2D eigenvalue weighted by Crippen LogP contribution is -2.45. The second kappa shape index (κ2) is 6.14. The van der Waals surface area contributed by atoms with Crippen molar-refractivity contribution < 1.29 is 9.21 Å². The highest BCUT2D eigenvalue weighted by Gasteiger charge is 2.17. The van der Waals surface area contributed by atoms with Crippen molar-refractivity contribution in [3.63, 3.8) is 0 Å². The molecule has 0 saturated heterocycles. The van der Waals surface area contributed by atoms with Crippen molar-refractivity contribution in [2.75, 3.05) is 13.6 Å². The Morgan fingerprint density at radius 3 is 2.73 bits per heavy atom. The molecular weight excluding hydrogens is 306 g/mol. The summed E-state index contributed by atoms with van der Waals surface area (Å²) in [5.74, 6) is -0.575. The average Bonchev–Trinajstić information content (AvgIpc) is 2.63. The summed E-state index contributed by atoms with van der Waals surface area (Å²) in [5.41, 5.74) is 0.799. The highest BCUT2D eigenvalue weighted by Crippen LogP contribution is 2.18. The zero-order valence-corrected chi connectivity index (χ0v) is 13.9. The molecule has 0 radical (unpaired) electrons. The molecule has 0 aliphatic rings. The minimum Gasteiger partial charge on any atom is -0.408 e. The number of fused-ring (bicyclic) bond motifs is 1. The molecule has 0 aliphatic carbocycles. The van der Waals surface area contributed by atoms with E-state index in [1.165, 1.54) is 4.57 Å². The van der Waals surface area contributed by atoms with Crippen LogP contribution in [0.5, 0.6) is 0 Å². The standard InChI is InChI=1S/C15H20ClN3O3/c1-15(2,3)17-13(20)8-18(4)9-19-11-7-10(16)5-6-12(11)22-14(19)21/h5-7H,8-9H2,1-4H3,(H,17,20). The second-order valence-corrected chi connectivity index (χ2v) is 6.80. The minimum absolute atomic E-state index is 0.103. The Hall–Kier alpha value is -1.79. The van der Waals surface area contributed by atoms with Crippen LogP contribution < -0.4 is 11.1 Å². The number of hydrogen-bond acceptors (Lipinski definition) is 4. The van der Waals surface area contributed by atoms with Crippen molar-refractivity contribution in [2.24, 2.45) is 0 Å². The van der Waals surface area contributed by atoms with Crippen LogP contribution in [0.1, 0.15) is 20.8 Å². The van der Waals surface area contributed by atoms with E-state index < -0.39 is 5.76 Å². The Balaban J connectivity index is 2.13. The van der Waals surface area contributed by atoms with Gasteiger partial charge in [0.2, 0.25) is 5.91 Å². The lowest BCUT2D eigenvalue weighted by Gasteiger charge is -2.23. The van der Waals surface area contributed by atoms with E-state index in [0.717, 1.165) is 0 Å². The first-order valence-electron chi connectivity index (χ1n) is 6.94.